The van der Waals surface area contributed by atoms with Gasteiger partial charge in [0.2, 0.25) is 5.89 Å². The van der Waals surface area contributed by atoms with Crippen molar-refractivity contribution in [3.63, 3.8) is 0 Å². The van der Waals surface area contributed by atoms with E-state index in [9.17, 15) is 0 Å². The molecule has 0 atom stereocenters. The van der Waals surface area contributed by atoms with Crippen molar-refractivity contribution in [2.75, 3.05) is 13.1 Å². The topological polar surface area (TPSA) is 62.5 Å². The monoisotopic (exact) mass is 328 g/mol. The number of hydrogen-bond acceptors (Lipinski definition) is 3. The summed E-state index contributed by atoms with van der Waals surface area (Å²) in [7, 11) is 0. The molecule has 2 rings (SSSR count). The van der Waals surface area contributed by atoms with Crippen LogP contribution in [0.5, 0.6) is 0 Å². The predicted octanol–water partition coefficient (Wildman–Crippen LogP) is 3.90. The molecular weight excluding hydrogens is 300 g/mol. The van der Waals surface area contributed by atoms with E-state index in [2.05, 4.69) is 53.5 Å². The Morgan fingerprint density at radius 2 is 1.92 bits per heavy atom. The van der Waals surface area contributed by atoms with Gasteiger partial charge < -0.3 is 15.1 Å². The van der Waals surface area contributed by atoms with Crippen LogP contribution in [0.3, 0.4) is 0 Å². The molecule has 1 aromatic heterocycles. The van der Waals surface area contributed by atoms with Crippen LogP contribution in [0, 0.1) is 6.92 Å². The first-order valence-corrected chi connectivity index (χ1v) is 8.76. The highest BCUT2D eigenvalue weighted by molar-refractivity contribution is 5.79. The van der Waals surface area contributed by atoms with E-state index in [0.717, 1.165) is 36.7 Å². The second-order valence-electron chi connectivity index (χ2n) is 5.84. The summed E-state index contributed by atoms with van der Waals surface area (Å²) < 4.78 is 5.57. The van der Waals surface area contributed by atoms with Gasteiger partial charge in [-0.2, -0.15) is 0 Å². The van der Waals surface area contributed by atoms with Crippen molar-refractivity contribution >= 4 is 5.96 Å². The van der Waals surface area contributed by atoms with Gasteiger partial charge in [-0.15, -0.1) is 0 Å². The van der Waals surface area contributed by atoms with E-state index >= 15 is 0 Å². The zero-order chi connectivity index (χ0) is 17.2. The molecule has 2 N–H and O–H groups in total. The fraction of sp³-hybridized carbons (Fsp3) is 0.474. The van der Waals surface area contributed by atoms with Gasteiger partial charge in [-0.3, -0.25) is 0 Å². The molecular formula is C19H28N4O. The number of nitrogens with one attached hydrogen (secondary N) is 2. The van der Waals surface area contributed by atoms with Gasteiger partial charge in [0.1, 0.15) is 12.0 Å². The first-order chi connectivity index (χ1) is 11.7. The maximum absolute atomic E-state index is 5.57. The van der Waals surface area contributed by atoms with Gasteiger partial charge >= 0.3 is 0 Å². The highest BCUT2D eigenvalue weighted by Gasteiger charge is 2.06. The maximum atomic E-state index is 5.57. The van der Waals surface area contributed by atoms with Crippen LogP contribution < -0.4 is 10.6 Å². The molecule has 0 spiro atoms. The lowest BCUT2D eigenvalue weighted by atomic mass is 10.1. The SMILES string of the molecule is CCCCCNC(=NCc1coc(-c2ccc(C)cc2)n1)NCC. The van der Waals surface area contributed by atoms with Gasteiger partial charge in [0.05, 0.1) is 6.54 Å². The molecule has 0 fully saturated rings. The third kappa shape index (κ3) is 5.72. The molecule has 0 aliphatic rings. The number of guanidine groups is 1. The number of rotatable bonds is 8. The lowest BCUT2D eigenvalue weighted by Gasteiger charge is -2.10. The van der Waals surface area contributed by atoms with E-state index in [1.54, 1.807) is 6.26 Å². The number of nitrogens with zero attached hydrogens (tertiary/aromatic N) is 2. The number of benzene rings is 1. The smallest absolute Gasteiger partial charge is 0.226 e. The summed E-state index contributed by atoms with van der Waals surface area (Å²) in [4.78, 5) is 9.10. The van der Waals surface area contributed by atoms with Crippen molar-refractivity contribution in [2.24, 2.45) is 4.99 Å². The average molecular weight is 328 g/mol. The normalized spacial score (nSPS) is 11.5. The lowest BCUT2D eigenvalue weighted by molar-refractivity contribution is 0.572. The van der Waals surface area contributed by atoms with Gasteiger partial charge in [0.25, 0.3) is 0 Å². The minimum atomic E-state index is 0.498. The lowest BCUT2D eigenvalue weighted by Crippen LogP contribution is -2.37. The zero-order valence-electron chi connectivity index (χ0n) is 14.9. The number of aromatic nitrogens is 1. The van der Waals surface area contributed by atoms with Crippen molar-refractivity contribution in [2.45, 2.75) is 46.6 Å². The Balaban J connectivity index is 1.94. The summed E-state index contributed by atoms with van der Waals surface area (Å²) >= 11 is 0. The second kappa shape index (κ2) is 9.75. The molecule has 2 aromatic rings. The highest BCUT2D eigenvalue weighted by Crippen LogP contribution is 2.19. The third-order valence-corrected chi connectivity index (χ3v) is 3.67. The van der Waals surface area contributed by atoms with Crippen LogP contribution in [0.2, 0.25) is 0 Å². The van der Waals surface area contributed by atoms with Crippen molar-refractivity contribution in [1.29, 1.82) is 0 Å². The fourth-order valence-electron chi connectivity index (χ4n) is 2.29. The molecule has 0 saturated carbocycles. The summed E-state index contributed by atoms with van der Waals surface area (Å²) in [5.41, 5.74) is 3.04. The Morgan fingerprint density at radius 3 is 2.62 bits per heavy atom. The van der Waals surface area contributed by atoms with Crippen LogP contribution in [0.15, 0.2) is 39.9 Å². The average Bonchev–Trinajstić information content (AvgIpc) is 3.06. The fourth-order valence-corrected chi connectivity index (χ4v) is 2.29. The van der Waals surface area contributed by atoms with Gasteiger partial charge in [-0.1, -0.05) is 37.5 Å². The molecule has 0 unspecified atom stereocenters. The number of aliphatic imine (C=N–C) groups is 1. The summed E-state index contributed by atoms with van der Waals surface area (Å²) in [5.74, 6) is 1.47. The highest BCUT2D eigenvalue weighted by atomic mass is 16.3. The van der Waals surface area contributed by atoms with E-state index in [1.807, 2.05) is 12.1 Å². The number of hydrogen-bond donors (Lipinski definition) is 2. The number of unbranched alkanes of at least 4 members (excludes halogenated alkanes) is 2. The van der Waals surface area contributed by atoms with Gasteiger partial charge in [-0.05, 0) is 32.4 Å². The Labute approximate surface area is 144 Å². The van der Waals surface area contributed by atoms with Crippen LogP contribution >= 0.6 is 0 Å². The van der Waals surface area contributed by atoms with Crippen LogP contribution in [0.4, 0.5) is 0 Å². The molecule has 24 heavy (non-hydrogen) atoms. The van der Waals surface area contributed by atoms with E-state index in [4.69, 9.17) is 4.42 Å². The van der Waals surface area contributed by atoms with E-state index in [0.29, 0.717) is 12.4 Å². The van der Waals surface area contributed by atoms with Gasteiger partial charge in [0, 0.05) is 18.7 Å². The molecule has 0 bridgehead atoms. The largest absolute Gasteiger partial charge is 0.444 e. The van der Waals surface area contributed by atoms with Crippen LogP contribution in [0.1, 0.15) is 44.4 Å². The summed E-state index contributed by atoms with van der Waals surface area (Å²) in [6, 6.07) is 8.16. The summed E-state index contributed by atoms with van der Waals surface area (Å²) in [6.07, 6.45) is 5.29. The maximum Gasteiger partial charge on any atom is 0.226 e. The molecule has 1 aromatic carbocycles. The van der Waals surface area contributed by atoms with Gasteiger partial charge in [-0.25, -0.2) is 9.98 Å². The van der Waals surface area contributed by atoms with Crippen molar-refractivity contribution in [3.05, 3.63) is 41.8 Å². The van der Waals surface area contributed by atoms with Crippen molar-refractivity contribution in [3.8, 4) is 11.5 Å². The van der Waals surface area contributed by atoms with Crippen LogP contribution in [-0.4, -0.2) is 24.0 Å². The van der Waals surface area contributed by atoms with Crippen LogP contribution in [0.25, 0.3) is 11.5 Å². The minimum Gasteiger partial charge on any atom is -0.444 e. The molecule has 0 aliphatic carbocycles. The number of oxazole rings is 1. The Bertz CT molecular complexity index is 631. The van der Waals surface area contributed by atoms with Crippen molar-refractivity contribution in [1.82, 2.24) is 15.6 Å². The number of aryl methyl sites for hydroxylation is 1. The zero-order valence-corrected chi connectivity index (χ0v) is 14.9. The molecule has 0 aliphatic heterocycles. The Hall–Kier alpha value is -2.30. The van der Waals surface area contributed by atoms with E-state index < -0.39 is 0 Å². The Morgan fingerprint density at radius 1 is 1.12 bits per heavy atom. The molecule has 0 amide bonds. The first-order valence-electron chi connectivity index (χ1n) is 8.76. The Kier molecular flexibility index (Phi) is 7.33. The van der Waals surface area contributed by atoms with E-state index in [-0.39, 0.29) is 0 Å². The molecule has 130 valence electrons. The van der Waals surface area contributed by atoms with Crippen LogP contribution in [-0.2, 0) is 6.54 Å². The van der Waals surface area contributed by atoms with Gasteiger partial charge in [0.15, 0.2) is 5.96 Å². The predicted molar refractivity (Wildman–Crippen MR) is 99.0 cm³/mol. The molecule has 5 heteroatoms. The molecule has 5 nitrogen and oxygen atoms in total. The summed E-state index contributed by atoms with van der Waals surface area (Å²) in [6.45, 7) is 8.61. The molecule has 0 saturated heterocycles. The third-order valence-electron chi connectivity index (χ3n) is 3.67. The van der Waals surface area contributed by atoms with E-state index in [1.165, 1.54) is 18.4 Å². The second-order valence-corrected chi connectivity index (χ2v) is 5.84. The summed E-state index contributed by atoms with van der Waals surface area (Å²) in [5, 5.41) is 6.61. The molecule has 1 heterocycles. The molecule has 0 radical (unpaired) electrons. The minimum absolute atomic E-state index is 0.498. The van der Waals surface area contributed by atoms with Crippen molar-refractivity contribution < 1.29 is 4.42 Å². The first kappa shape index (κ1) is 18.0. The standard InChI is InChI=1S/C19H28N4O/c1-4-6-7-12-21-19(20-5-2)22-13-17-14-24-18(23-17)16-10-8-15(3)9-11-16/h8-11,14H,4-7,12-13H2,1-3H3,(H2,20,21,22). The quantitative estimate of drug-likeness (QED) is 0.438.